The fourth-order valence-electron chi connectivity index (χ4n) is 2.66. The van der Waals surface area contributed by atoms with Crippen molar-refractivity contribution < 1.29 is 14.7 Å². The first-order chi connectivity index (χ1) is 11.0. The predicted molar refractivity (Wildman–Crippen MR) is 84.4 cm³/mol. The maximum Gasteiger partial charge on any atom is 0.326 e. The standard InChI is InChI=1S/C16H19N3O4/c1-18-13-8-11(4-5-12(13)17-16(18)23)15(22)19(7-6-14(20)21)9-10-2-3-10/h4-5,8,10H,2-3,6-7,9H2,1H3,(H,17,23)(H,20,21). The molecule has 2 N–H and O–H groups in total. The number of nitrogens with zero attached hydrogens (tertiary/aromatic N) is 2. The number of hydrogen-bond donors (Lipinski definition) is 2. The third-order valence-corrected chi connectivity index (χ3v) is 4.21. The van der Waals surface area contributed by atoms with E-state index in [0.29, 0.717) is 29.1 Å². The largest absolute Gasteiger partial charge is 0.481 e. The van der Waals surface area contributed by atoms with Gasteiger partial charge in [0.2, 0.25) is 0 Å². The van der Waals surface area contributed by atoms with E-state index in [1.54, 1.807) is 30.1 Å². The molecule has 122 valence electrons. The molecule has 0 aliphatic heterocycles. The summed E-state index contributed by atoms with van der Waals surface area (Å²) in [7, 11) is 1.64. The first kappa shape index (κ1) is 15.3. The third kappa shape index (κ3) is 3.28. The van der Waals surface area contributed by atoms with Crippen LogP contribution in [0.1, 0.15) is 29.6 Å². The van der Waals surface area contributed by atoms with Crippen LogP contribution in [0.2, 0.25) is 0 Å². The highest BCUT2D eigenvalue weighted by molar-refractivity contribution is 5.97. The van der Waals surface area contributed by atoms with E-state index < -0.39 is 5.97 Å². The lowest BCUT2D eigenvalue weighted by molar-refractivity contribution is -0.137. The number of imidazole rings is 1. The van der Waals surface area contributed by atoms with Gasteiger partial charge in [0, 0.05) is 25.7 Å². The Bertz CT molecular complexity index is 816. The Labute approximate surface area is 132 Å². The molecule has 1 aromatic carbocycles. The molecule has 0 saturated heterocycles. The zero-order chi connectivity index (χ0) is 16.6. The number of H-pyrrole nitrogens is 1. The highest BCUT2D eigenvalue weighted by atomic mass is 16.4. The molecule has 0 atom stereocenters. The Kier molecular flexibility index (Phi) is 3.94. The number of benzene rings is 1. The van der Waals surface area contributed by atoms with Crippen molar-refractivity contribution in [3.63, 3.8) is 0 Å². The first-order valence-corrected chi connectivity index (χ1v) is 7.65. The maximum absolute atomic E-state index is 12.7. The van der Waals surface area contributed by atoms with E-state index in [0.717, 1.165) is 12.8 Å². The molecule has 1 heterocycles. The minimum atomic E-state index is -0.915. The molecule has 7 heteroatoms. The van der Waals surface area contributed by atoms with Crippen molar-refractivity contribution in [2.45, 2.75) is 19.3 Å². The van der Waals surface area contributed by atoms with Crippen LogP contribution in [0.5, 0.6) is 0 Å². The Morgan fingerprint density at radius 1 is 1.39 bits per heavy atom. The van der Waals surface area contributed by atoms with E-state index in [4.69, 9.17) is 5.11 Å². The number of aliphatic carboxylic acids is 1. The first-order valence-electron chi connectivity index (χ1n) is 7.65. The van der Waals surface area contributed by atoms with Crippen LogP contribution in [-0.4, -0.2) is 44.5 Å². The van der Waals surface area contributed by atoms with Crippen LogP contribution < -0.4 is 5.69 Å². The van der Waals surface area contributed by atoms with Crippen LogP contribution in [-0.2, 0) is 11.8 Å². The van der Waals surface area contributed by atoms with Gasteiger partial charge in [0.05, 0.1) is 17.5 Å². The number of aromatic amines is 1. The lowest BCUT2D eigenvalue weighted by Crippen LogP contribution is -2.34. The lowest BCUT2D eigenvalue weighted by Gasteiger charge is -2.22. The second-order valence-corrected chi connectivity index (χ2v) is 6.06. The summed E-state index contributed by atoms with van der Waals surface area (Å²) in [4.78, 5) is 39.5. The average Bonchev–Trinajstić information content (AvgIpc) is 3.29. The minimum Gasteiger partial charge on any atom is -0.481 e. The summed E-state index contributed by atoms with van der Waals surface area (Å²) < 4.78 is 1.45. The molecule has 0 spiro atoms. The number of nitrogens with one attached hydrogen (secondary N) is 1. The molecule has 1 aromatic heterocycles. The van der Waals surface area contributed by atoms with Crippen molar-refractivity contribution in [1.29, 1.82) is 0 Å². The van der Waals surface area contributed by atoms with E-state index in [1.165, 1.54) is 4.57 Å². The summed E-state index contributed by atoms with van der Waals surface area (Å²) in [5, 5.41) is 8.86. The average molecular weight is 317 g/mol. The smallest absolute Gasteiger partial charge is 0.326 e. The van der Waals surface area contributed by atoms with E-state index in [1.807, 2.05) is 0 Å². The van der Waals surface area contributed by atoms with Crippen LogP contribution in [0, 0.1) is 5.92 Å². The van der Waals surface area contributed by atoms with Crippen molar-refractivity contribution in [1.82, 2.24) is 14.5 Å². The van der Waals surface area contributed by atoms with Gasteiger partial charge in [-0.15, -0.1) is 0 Å². The number of fused-ring (bicyclic) bond motifs is 1. The number of rotatable bonds is 6. The Hall–Kier alpha value is -2.57. The second-order valence-electron chi connectivity index (χ2n) is 6.06. The molecule has 1 aliphatic carbocycles. The number of carboxylic acid groups (broad SMARTS) is 1. The van der Waals surface area contributed by atoms with E-state index in [2.05, 4.69) is 4.98 Å². The van der Waals surface area contributed by atoms with Crippen molar-refractivity contribution in [3.8, 4) is 0 Å². The molecular weight excluding hydrogens is 298 g/mol. The van der Waals surface area contributed by atoms with E-state index in [9.17, 15) is 14.4 Å². The zero-order valence-corrected chi connectivity index (χ0v) is 12.9. The van der Waals surface area contributed by atoms with Crippen molar-refractivity contribution in [2.75, 3.05) is 13.1 Å². The molecule has 0 radical (unpaired) electrons. The normalized spacial score (nSPS) is 14.1. The molecule has 3 rings (SSSR count). The van der Waals surface area contributed by atoms with Crippen molar-refractivity contribution in [3.05, 3.63) is 34.2 Å². The van der Waals surface area contributed by atoms with Gasteiger partial charge in [-0.05, 0) is 37.0 Å². The maximum atomic E-state index is 12.7. The molecule has 2 aromatic rings. The fourth-order valence-corrected chi connectivity index (χ4v) is 2.66. The molecule has 1 aliphatic rings. The van der Waals surface area contributed by atoms with Crippen molar-refractivity contribution in [2.24, 2.45) is 13.0 Å². The Morgan fingerprint density at radius 3 is 2.78 bits per heavy atom. The lowest BCUT2D eigenvalue weighted by atomic mass is 10.1. The SMILES string of the molecule is Cn1c(=O)[nH]c2ccc(C(=O)N(CCC(=O)O)CC3CC3)cc21. The zero-order valence-electron chi connectivity index (χ0n) is 12.9. The highest BCUT2D eigenvalue weighted by Gasteiger charge is 2.27. The number of carbonyl (C=O) groups is 2. The third-order valence-electron chi connectivity index (χ3n) is 4.21. The molecule has 0 bridgehead atoms. The van der Waals surface area contributed by atoms with Crippen molar-refractivity contribution >= 4 is 22.9 Å². The molecule has 7 nitrogen and oxygen atoms in total. The summed E-state index contributed by atoms with van der Waals surface area (Å²) in [5.74, 6) is -0.621. The molecule has 1 amide bonds. The highest BCUT2D eigenvalue weighted by Crippen LogP contribution is 2.30. The number of aromatic nitrogens is 2. The summed E-state index contributed by atoms with van der Waals surface area (Å²) in [5.41, 5.74) is 1.57. The van der Waals surface area contributed by atoms with Gasteiger partial charge in [0.1, 0.15) is 0 Å². The van der Waals surface area contributed by atoms with Crippen LogP contribution in [0.25, 0.3) is 11.0 Å². The number of amides is 1. The van der Waals surface area contributed by atoms with Crippen LogP contribution in [0.4, 0.5) is 0 Å². The van der Waals surface area contributed by atoms with Gasteiger partial charge in [-0.3, -0.25) is 14.2 Å². The second kappa shape index (κ2) is 5.91. The molecule has 23 heavy (non-hydrogen) atoms. The number of carboxylic acids is 1. The van der Waals surface area contributed by atoms with Gasteiger partial charge >= 0.3 is 11.7 Å². The number of aryl methyl sites for hydroxylation is 1. The van der Waals surface area contributed by atoms with E-state index in [-0.39, 0.29) is 24.6 Å². The van der Waals surface area contributed by atoms with Gasteiger partial charge in [-0.25, -0.2) is 4.79 Å². The van der Waals surface area contributed by atoms with Gasteiger partial charge < -0.3 is 15.0 Å². The number of carbonyl (C=O) groups excluding carboxylic acids is 1. The summed E-state index contributed by atoms with van der Waals surface area (Å²) in [6.45, 7) is 0.797. The van der Waals surface area contributed by atoms with Crippen LogP contribution in [0.3, 0.4) is 0 Å². The monoisotopic (exact) mass is 317 g/mol. The van der Waals surface area contributed by atoms with Gasteiger partial charge in [0.25, 0.3) is 5.91 Å². The molecule has 1 saturated carbocycles. The van der Waals surface area contributed by atoms with E-state index >= 15 is 0 Å². The quantitative estimate of drug-likeness (QED) is 0.836. The topological polar surface area (TPSA) is 95.4 Å². The Morgan fingerprint density at radius 2 is 2.13 bits per heavy atom. The van der Waals surface area contributed by atoms with Crippen LogP contribution in [0.15, 0.2) is 23.0 Å². The molecular formula is C16H19N3O4. The molecule has 0 unspecified atom stereocenters. The van der Waals surface area contributed by atoms with Gasteiger partial charge in [-0.1, -0.05) is 0 Å². The fraction of sp³-hybridized carbons (Fsp3) is 0.438. The summed E-state index contributed by atoms with van der Waals surface area (Å²) in [6, 6.07) is 5.05. The van der Waals surface area contributed by atoms with Crippen LogP contribution >= 0.6 is 0 Å². The number of hydrogen-bond acceptors (Lipinski definition) is 3. The Balaban J connectivity index is 1.87. The molecule has 1 fully saturated rings. The van der Waals surface area contributed by atoms with Gasteiger partial charge in [0.15, 0.2) is 0 Å². The summed E-state index contributed by atoms with van der Waals surface area (Å²) in [6.07, 6.45) is 2.10. The minimum absolute atomic E-state index is 0.0661. The predicted octanol–water partition coefficient (Wildman–Crippen LogP) is 1.19. The van der Waals surface area contributed by atoms with Gasteiger partial charge in [-0.2, -0.15) is 0 Å². The summed E-state index contributed by atoms with van der Waals surface area (Å²) >= 11 is 0.